The second-order valence-corrected chi connectivity index (χ2v) is 5.56. The van der Waals surface area contributed by atoms with Gasteiger partial charge in [0.05, 0.1) is 6.61 Å². The number of ether oxygens (including phenoxy) is 1. The summed E-state index contributed by atoms with van der Waals surface area (Å²) in [6.45, 7) is 7.54. The van der Waals surface area contributed by atoms with Gasteiger partial charge in [-0.2, -0.15) is 11.3 Å². The number of hydrogen-bond donors (Lipinski definition) is 2. The molecule has 0 bridgehead atoms. The number of nitrogens with one attached hydrogen (secondary N) is 2. The lowest BCUT2D eigenvalue weighted by molar-refractivity contribution is 0.128. The van der Waals surface area contributed by atoms with Gasteiger partial charge in [-0.1, -0.05) is 13.8 Å². The van der Waals surface area contributed by atoms with Gasteiger partial charge in [-0.25, -0.2) is 0 Å². The molecular weight excluding hydrogens is 385 g/mol. The van der Waals surface area contributed by atoms with Gasteiger partial charge in [-0.3, -0.25) is 4.99 Å². The van der Waals surface area contributed by atoms with Crippen molar-refractivity contribution in [3.8, 4) is 0 Å². The van der Waals surface area contributed by atoms with Gasteiger partial charge >= 0.3 is 0 Å². The molecule has 0 aliphatic heterocycles. The van der Waals surface area contributed by atoms with E-state index in [0.29, 0.717) is 12.5 Å². The number of thiophene rings is 1. The van der Waals surface area contributed by atoms with Crippen LogP contribution < -0.4 is 10.6 Å². The number of aliphatic imine (C=N–C) groups is 1. The Morgan fingerprint density at radius 2 is 2.15 bits per heavy atom. The minimum Gasteiger partial charge on any atom is -0.380 e. The number of halogens is 1. The normalized spacial score (nSPS) is 11.3. The summed E-state index contributed by atoms with van der Waals surface area (Å²) < 4.78 is 5.55. The molecule has 0 atom stereocenters. The Bertz CT molecular complexity index is 355. The van der Waals surface area contributed by atoms with Crippen molar-refractivity contribution < 1.29 is 4.74 Å². The average molecular weight is 411 g/mol. The number of hydrogen-bond acceptors (Lipinski definition) is 3. The van der Waals surface area contributed by atoms with Crippen LogP contribution in [0.4, 0.5) is 0 Å². The topological polar surface area (TPSA) is 45.7 Å². The van der Waals surface area contributed by atoms with Crippen molar-refractivity contribution in [2.75, 3.05) is 26.8 Å². The van der Waals surface area contributed by atoms with E-state index in [2.05, 4.69) is 46.3 Å². The van der Waals surface area contributed by atoms with Gasteiger partial charge in [0, 0.05) is 26.7 Å². The van der Waals surface area contributed by atoms with Gasteiger partial charge in [0.2, 0.25) is 0 Å². The summed E-state index contributed by atoms with van der Waals surface area (Å²) in [5.74, 6) is 1.52. The molecule has 0 fully saturated rings. The molecule has 0 saturated carbocycles. The first-order valence-electron chi connectivity index (χ1n) is 6.75. The molecule has 116 valence electrons. The number of rotatable bonds is 8. The van der Waals surface area contributed by atoms with Crippen LogP contribution in [0.1, 0.15) is 25.8 Å². The molecule has 0 aromatic carbocycles. The van der Waals surface area contributed by atoms with Crippen LogP contribution in [0.2, 0.25) is 0 Å². The zero-order valence-electron chi connectivity index (χ0n) is 12.5. The molecule has 0 unspecified atom stereocenters. The first kappa shape index (κ1) is 19.7. The van der Waals surface area contributed by atoms with Gasteiger partial charge in [0.1, 0.15) is 0 Å². The Balaban J connectivity index is 0.00000361. The maximum absolute atomic E-state index is 5.55. The first-order valence-corrected chi connectivity index (χ1v) is 7.70. The standard InChI is InChI=1S/C14H25N3OS.HI/c1-12(2)4-7-18-8-6-16-14(15-3)17-10-13-5-9-19-11-13;/h5,9,11-12H,4,6-8,10H2,1-3H3,(H2,15,16,17);1H. The second-order valence-electron chi connectivity index (χ2n) is 4.78. The predicted molar refractivity (Wildman–Crippen MR) is 98.2 cm³/mol. The molecule has 20 heavy (non-hydrogen) atoms. The summed E-state index contributed by atoms with van der Waals surface area (Å²) in [6, 6.07) is 2.11. The molecule has 4 nitrogen and oxygen atoms in total. The Hall–Kier alpha value is -0.340. The van der Waals surface area contributed by atoms with Crippen molar-refractivity contribution in [1.29, 1.82) is 0 Å². The fraction of sp³-hybridized carbons (Fsp3) is 0.643. The first-order chi connectivity index (χ1) is 9.22. The molecule has 0 aliphatic rings. The summed E-state index contributed by atoms with van der Waals surface area (Å²) >= 11 is 1.71. The van der Waals surface area contributed by atoms with Crippen LogP contribution in [0.15, 0.2) is 21.8 Å². The highest BCUT2D eigenvalue weighted by atomic mass is 127. The smallest absolute Gasteiger partial charge is 0.191 e. The van der Waals surface area contributed by atoms with Gasteiger partial charge < -0.3 is 15.4 Å². The molecular formula is C14H26IN3OS. The minimum absolute atomic E-state index is 0. The van der Waals surface area contributed by atoms with Crippen LogP contribution in [0, 0.1) is 5.92 Å². The minimum atomic E-state index is 0. The van der Waals surface area contributed by atoms with E-state index < -0.39 is 0 Å². The van der Waals surface area contributed by atoms with Crippen LogP contribution in [0.5, 0.6) is 0 Å². The molecule has 1 rings (SSSR count). The third kappa shape index (κ3) is 9.55. The highest BCUT2D eigenvalue weighted by Crippen LogP contribution is 2.04. The fourth-order valence-electron chi connectivity index (χ4n) is 1.46. The summed E-state index contributed by atoms with van der Waals surface area (Å²) in [6.07, 6.45) is 1.12. The largest absolute Gasteiger partial charge is 0.380 e. The zero-order valence-corrected chi connectivity index (χ0v) is 15.7. The van der Waals surface area contributed by atoms with Crippen molar-refractivity contribution in [3.63, 3.8) is 0 Å². The lowest BCUT2D eigenvalue weighted by Gasteiger charge is -2.12. The van der Waals surface area contributed by atoms with Crippen molar-refractivity contribution in [2.45, 2.75) is 26.8 Å². The molecule has 0 aliphatic carbocycles. The van der Waals surface area contributed by atoms with Gasteiger partial charge in [0.25, 0.3) is 0 Å². The zero-order chi connectivity index (χ0) is 13.9. The molecule has 1 heterocycles. The van der Waals surface area contributed by atoms with E-state index in [1.807, 2.05) is 0 Å². The van der Waals surface area contributed by atoms with Crippen molar-refractivity contribution in [2.24, 2.45) is 10.9 Å². The molecule has 1 aromatic rings. The predicted octanol–water partition coefficient (Wildman–Crippen LogP) is 3.09. The van der Waals surface area contributed by atoms with Crippen LogP contribution in [-0.4, -0.2) is 32.8 Å². The van der Waals surface area contributed by atoms with E-state index in [1.165, 1.54) is 5.56 Å². The van der Waals surface area contributed by atoms with E-state index in [9.17, 15) is 0 Å². The van der Waals surface area contributed by atoms with E-state index >= 15 is 0 Å². The van der Waals surface area contributed by atoms with E-state index in [1.54, 1.807) is 18.4 Å². The third-order valence-corrected chi connectivity index (χ3v) is 3.37. The highest BCUT2D eigenvalue weighted by molar-refractivity contribution is 14.0. The van der Waals surface area contributed by atoms with E-state index in [-0.39, 0.29) is 24.0 Å². The van der Waals surface area contributed by atoms with Gasteiger partial charge in [-0.05, 0) is 34.7 Å². The lowest BCUT2D eigenvalue weighted by atomic mass is 10.1. The molecule has 0 radical (unpaired) electrons. The number of guanidine groups is 1. The van der Waals surface area contributed by atoms with Crippen molar-refractivity contribution in [3.05, 3.63) is 22.4 Å². The maximum Gasteiger partial charge on any atom is 0.191 e. The highest BCUT2D eigenvalue weighted by Gasteiger charge is 1.98. The number of nitrogens with zero attached hydrogens (tertiary/aromatic N) is 1. The Labute approximate surface area is 143 Å². The van der Waals surface area contributed by atoms with E-state index in [0.717, 1.165) is 32.1 Å². The van der Waals surface area contributed by atoms with Crippen LogP contribution in [0.3, 0.4) is 0 Å². The SMILES string of the molecule is CN=C(NCCOCCC(C)C)NCc1ccsc1.I. The molecule has 0 amide bonds. The monoisotopic (exact) mass is 411 g/mol. The molecule has 0 saturated heterocycles. The molecule has 1 aromatic heterocycles. The second kappa shape index (κ2) is 12.4. The Morgan fingerprint density at radius 3 is 2.75 bits per heavy atom. The lowest BCUT2D eigenvalue weighted by Crippen LogP contribution is -2.38. The molecule has 6 heteroatoms. The van der Waals surface area contributed by atoms with Crippen LogP contribution in [-0.2, 0) is 11.3 Å². The maximum atomic E-state index is 5.55. The summed E-state index contributed by atoms with van der Waals surface area (Å²) in [5.41, 5.74) is 1.28. The Morgan fingerprint density at radius 1 is 1.35 bits per heavy atom. The summed E-state index contributed by atoms with van der Waals surface area (Å²) in [7, 11) is 1.78. The Kier molecular flexibility index (Phi) is 12.2. The summed E-state index contributed by atoms with van der Waals surface area (Å²) in [5, 5.41) is 10.7. The molecule has 2 N–H and O–H groups in total. The van der Waals surface area contributed by atoms with E-state index in [4.69, 9.17) is 4.74 Å². The average Bonchev–Trinajstić information content (AvgIpc) is 2.90. The van der Waals surface area contributed by atoms with Crippen molar-refractivity contribution >= 4 is 41.3 Å². The summed E-state index contributed by atoms with van der Waals surface area (Å²) in [4.78, 5) is 4.18. The van der Waals surface area contributed by atoms with Gasteiger partial charge in [-0.15, -0.1) is 24.0 Å². The third-order valence-electron chi connectivity index (χ3n) is 2.64. The van der Waals surface area contributed by atoms with Crippen LogP contribution in [0.25, 0.3) is 0 Å². The van der Waals surface area contributed by atoms with Crippen LogP contribution >= 0.6 is 35.3 Å². The van der Waals surface area contributed by atoms with Crippen molar-refractivity contribution in [1.82, 2.24) is 10.6 Å². The van der Waals surface area contributed by atoms with Gasteiger partial charge in [0.15, 0.2) is 5.96 Å². The molecule has 0 spiro atoms. The fourth-order valence-corrected chi connectivity index (χ4v) is 2.13. The quantitative estimate of drug-likeness (QED) is 0.299.